The van der Waals surface area contributed by atoms with E-state index in [1.807, 2.05) is 11.8 Å². The van der Waals surface area contributed by atoms with Gasteiger partial charge in [-0.05, 0) is 12.2 Å². The van der Waals surface area contributed by atoms with Crippen LogP contribution in [0.15, 0.2) is 0 Å². The predicted molar refractivity (Wildman–Crippen MR) is 48.9 cm³/mol. The van der Waals surface area contributed by atoms with Crippen molar-refractivity contribution in [2.24, 2.45) is 0 Å². The van der Waals surface area contributed by atoms with Crippen LogP contribution in [-0.4, -0.2) is 24.1 Å². The van der Waals surface area contributed by atoms with Gasteiger partial charge in [0, 0.05) is 12.7 Å². The number of unbranched alkanes of at least 4 members (excludes halogenated alkanes) is 1. The molecule has 0 aromatic carbocycles. The maximum Gasteiger partial charge on any atom is 0.302 e. The van der Waals surface area contributed by atoms with Gasteiger partial charge in [-0.25, -0.2) is 0 Å². The van der Waals surface area contributed by atoms with Crippen molar-refractivity contribution >= 4 is 17.7 Å². The third-order valence-corrected chi connectivity index (χ3v) is 2.21. The van der Waals surface area contributed by atoms with E-state index in [1.54, 1.807) is 0 Å². The van der Waals surface area contributed by atoms with E-state index in [4.69, 9.17) is 4.74 Å². The average molecular weight is 176 g/mol. The molecular formula is C8H16O2S. The second-order valence-electron chi connectivity index (χ2n) is 2.31. The van der Waals surface area contributed by atoms with E-state index in [1.165, 1.54) is 25.5 Å². The van der Waals surface area contributed by atoms with Crippen molar-refractivity contribution in [1.82, 2.24) is 0 Å². The first-order chi connectivity index (χ1) is 5.27. The molecule has 0 aromatic rings. The number of hydrogen-bond donors (Lipinski definition) is 0. The quantitative estimate of drug-likeness (QED) is 0.458. The second kappa shape index (κ2) is 7.92. The molecule has 0 aliphatic carbocycles. The smallest absolute Gasteiger partial charge is 0.302 e. The van der Waals surface area contributed by atoms with Crippen LogP contribution in [0.2, 0.25) is 0 Å². The highest BCUT2D eigenvalue weighted by Gasteiger charge is 1.92. The van der Waals surface area contributed by atoms with E-state index in [0.29, 0.717) is 6.61 Å². The zero-order valence-electron chi connectivity index (χ0n) is 7.26. The first kappa shape index (κ1) is 10.8. The summed E-state index contributed by atoms with van der Waals surface area (Å²) in [5, 5.41) is 0. The van der Waals surface area contributed by atoms with Gasteiger partial charge in [0.05, 0.1) is 0 Å². The Morgan fingerprint density at radius 1 is 1.45 bits per heavy atom. The Balaban J connectivity index is 2.85. The van der Waals surface area contributed by atoms with E-state index < -0.39 is 0 Å². The van der Waals surface area contributed by atoms with Crippen LogP contribution >= 0.6 is 11.8 Å². The van der Waals surface area contributed by atoms with Crippen LogP contribution in [0.1, 0.15) is 26.7 Å². The zero-order chi connectivity index (χ0) is 8.53. The van der Waals surface area contributed by atoms with Crippen molar-refractivity contribution in [3.63, 3.8) is 0 Å². The summed E-state index contributed by atoms with van der Waals surface area (Å²) in [5.74, 6) is 1.93. The number of carbonyl (C=O) groups is 1. The number of hydrogen-bond acceptors (Lipinski definition) is 3. The maximum absolute atomic E-state index is 10.3. The minimum atomic E-state index is -0.180. The van der Waals surface area contributed by atoms with Crippen molar-refractivity contribution in [3.8, 4) is 0 Å². The summed E-state index contributed by atoms with van der Waals surface area (Å²) in [7, 11) is 0. The summed E-state index contributed by atoms with van der Waals surface area (Å²) in [6, 6.07) is 0. The number of carbonyl (C=O) groups excluding carboxylic acids is 1. The Hall–Kier alpha value is -0.180. The van der Waals surface area contributed by atoms with Gasteiger partial charge in [-0.3, -0.25) is 4.79 Å². The van der Waals surface area contributed by atoms with Gasteiger partial charge < -0.3 is 4.74 Å². The lowest BCUT2D eigenvalue weighted by Gasteiger charge is -2.00. The Morgan fingerprint density at radius 3 is 2.73 bits per heavy atom. The van der Waals surface area contributed by atoms with Crippen LogP contribution < -0.4 is 0 Å². The summed E-state index contributed by atoms with van der Waals surface area (Å²) in [6.07, 6.45) is 2.49. The summed E-state index contributed by atoms with van der Waals surface area (Å²) >= 11 is 1.84. The largest absolute Gasteiger partial charge is 0.465 e. The third kappa shape index (κ3) is 9.82. The number of rotatable bonds is 6. The van der Waals surface area contributed by atoms with E-state index in [-0.39, 0.29) is 5.97 Å². The predicted octanol–water partition coefficient (Wildman–Crippen LogP) is 2.08. The molecule has 0 aliphatic rings. The number of esters is 1. The fraction of sp³-hybridized carbons (Fsp3) is 0.875. The van der Waals surface area contributed by atoms with Crippen molar-refractivity contribution in [2.45, 2.75) is 26.7 Å². The van der Waals surface area contributed by atoms with Crippen molar-refractivity contribution < 1.29 is 9.53 Å². The Bertz CT molecular complexity index is 104. The van der Waals surface area contributed by atoms with Crippen LogP contribution in [0.25, 0.3) is 0 Å². The van der Waals surface area contributed by atoms with Crippen LogP contribution in [-0.2, 0) is 9.53 Å². The van der Waals surface area contributed by atoms with Crippen LogP contribution in [0.5, 0.6) is 0 Å². The lowest BCUT2D eigenvalue weighted by Crippen LogP contribution is -2.02. The standard InChI is InChI=1S/C8H16O2S/c1-3-4-6-11-7-5-10-8(2)9/h3-7H2,1-2H3. The highest BCUT2D eigenvalue weighted by Crippen LogP contribution is 2.03. The molecule has 0 N–H and O–H groups in total. The van der Waals surface area contributed by atoms with E-state index in [0.717, 1.165) is 5.75 Å². The SMILES string of the molecule is CCCCSCCOC(C)=O. The van der Waals surface area contributed by atoms with E-state index in [2.05, 4.69) is 6.92 Å². The maximum atomic E-state index is 10.3. The molecule has 0 unspecified atom stereocenters. The fourth-order valence-electron chi connectivity index (χ4n) is 0.593. The molecule has 2 nitrogen and oxygen atoms in total. The van der Waals surface area contributed by atoms with Crippen LogP contribution in [0.4, 0.5) is 0 Å². The highest BCUT2D eigenvalue weighted by atomic mass is 32.2. The van der Waals surface area contributed by atoms with Crippen molar-refractivity contribution in [3.05, 3.63) is 0 Å². The lowest BCUT2D eigenvalue weighted by molar-refractivity contribution is -0.140. The minimum absolute atomic E-state index is 0.180. The van der Waals surface area contributed by atoms with Gasteiger partial charge >= 0.3 is 5.97 Å². The molecular weight excluding hydrogens is 160 g/mol. The summed E-state index contributed by atoms with van der Waals surface area (Å²) < 4.78 is 4.76. The van der Waals surface area contributed by atoms with E-state index in [9.17, 15) is 4.79 Å². The van der Waals surface area contributed by atoms with Gasteiger partial charge in [0.2, 0.25) is 0 Å². The molecule has 0 saturated heterocycles. The molecule has 0 atom stereocenters. The zero-order valence-corrected chi connectivity index (χ0v) is 8.08. The molecule has 0 aliphatic heterocycles. The first-order valence-electron chi connectivity index (χ1n) is 3.98. The Labute approximate surface area is 72.7 Å². The summed E-state index contributed by atoms with van der Waals surface area (Å²) in [5.41, 5.74) is 0. The molecule has 0 aromatic heterocycles. The monoisotopic (exact) mass is 176 g/mol. The Morgan fingerprint density at radius 2 is 2.18 bits per heavy atom. The molecule has 66 valence electrons. The molecule has 0 spiro atoms. The molecule has 0 saturated carbocycles. The Kier molecular flexibility index (Phi) is 7.79. The molecule has 11 heavy (non-hydrogen) atoms. The normalized spacial score (nSPS) is 9.64. The average Bonchev–Trinajstić information content (AvgIpc) is 1.96. The summed E-state index contributed by atoms with van der Waals surface area (Å²) in [4.78, 5) is 10.3. The molecule has 0 fully saturated rings. The van der Waals surface area contributed by atoms with Gasteiger partial charge in [0.1, 0.15) is 6.61 Å². The third-order valence-electron chi connectivity index (χ3n) is 1.18. The number of ether oxygens (including phenoxy) is 1. The fourth-order valence-corrected chi connectivity index (χ4v) is 1.49. The van der Waals surface area contributed by atoms with E-state index >= 15 is 0 Å². The van der Waals surface area contributed by atoms with Crippen molar-refractivity contribution in [1.29, 1.82) is 0 Å². The second-order valence-corrected chi connectivity index (χ2v) is 3.53. The van der Waals surface area contributed by atoms with Gasteiger partial charge in [-0.15, -0.1) is 0 Å². The highest BCUT2D eigenvalue weighted by molar-refractivity contribution is 7.99. The first-order valence-corrected chi connectivity index (χ1v) is 5.14. The summed E-state index contributed by atoms with van der Waals surface area (Å²) in [6.45, 7) is 4.17. The molecule has 0 bridgehead atoms. The minimum Gasteiger partial charge on any atom is -0.465 e. The van der Waals surface area contributed by atoms with Gasteiger partial charge in [-0.2, -0.15) is 11.8 Å². The van der Waals surface area contributed by atoms with Gasteiger partial charge in [0.25, 0.3) is 0 Å². The number of thioether (sulfide) groups is 1. The van der Waals surface area contributed by atoms with Gasteiger partial charge in [-0.1, -0.05) is 13.3 Å². The van der Waals surface area contributed by atoms with Crippen LogP contribution in [0.3, 0.4) is 0 Å². The molecule has 0 heterocycles. The van der Waals surface area contributed by atoms with Crippen LogP contribution in [0, 0.1) is 0 Å². The topological polar surface area (TPSA) is 26.3 Å². The molecule has 3 heteroatoms. The van der Waals surface area contributed by atoms with Gasteiger partial charge in [0.15, 0.2) is 0 Å². The van der Waals surface area contributed by atoms with Crippen molar-refractivity contribution in [2.75, 3.05) is 18.1 Å². The molecule has 0 rings (SSSR count). The molecule has 0 radical (unpaired) electrons. The lowest BCUT2D eigenvalue weighted by atomic mass is 10.4. The molecule has 0 amide bonds.